The van der Waals surface area contributed by atoms with Gasteiger partial charge >= 0.3 is 0 Å². The van der Waals surface area contributed by atoms with Crippen LogP contribution in [-0.4, -0.2) is 24.0 Å². The predicted molar refractivity (Wildman–Crippen MR) is 86.0 cm³/mol. The number of nitrogens with zero attached hydrogens (tertiary/aromatic N) is 1. The first kappa shape index (κ1) is 15.8. The molecule has 1 atom stereocenters. The molecule has 0 aliphatic carbocycles. The van der Waals surface area contributed by atoms with Crippen LogP contribution in [0.1, 0.15) is 18.0 Å². The van der Waals surface area contributed by atoms with Crippen molar-refractivity contribution in [1.29, 1.82) is 0 Å². The molecule has 1 N–H and O–H groups in total. The van der Waals surface area contributed by atoms with E-state index in [1.807, 2.05) is 24.3 Å². The van der Waals surface area contributed by atoms with Gasteiger partial charge in [-0.1, -0.05) is 18.2 Å². The monoisotopic (exact) mass is 328 g/mol. The molecule has 7 heteroatoms. The summed E-state index contributed by atoms with van der Waals surface area (Å²) in [6.45, 7) is 0.391. The maximum Gasteiger partial charge on any atom is 0.269 e. The molecule has 1 amide bonds. The Morgan fingerprint density at radius 3 is 2.75 bits per heavy atom. The summed E-state index contributed by atoms with van der Waals surface area (Å²) < 4.78 is 10.9. The number of rotatable bonds is 5. The number of carbonyl (C=O) groups is 1. The molecule has 0 aromatic heterocycles. The number of nitro groups is 1. The summed E-state index contributed by atoms with van der Waals surface area (Å²) in [7, 11) is 0. The Morgan fingerprint density at radius 1 is 1.25 bits per heavy atom. The number of non-ortho nitro benzene ring substituents is 1. The average molecular weight is 328 g/mol. The van der Waals surface area contributed by atoms with E-state index in [-0.39, 0.29) is 24.2 Å². The second-order valence-electron chi connectivity index (χ2n) is 5.33. The van der Waals surface area contributed by atoms with Crippen LogP contribution in [0.25, 0.3) is 0 Å². The summed E-state index contributed by atoms with van der Waals surface area (Å²) in [5.74, 6) is 0.934. The molecule has 2 aromatic carbocycles. The minimum absolute atomic E-state index is 0.0226. The van der Waals surface area contributed by atoms with E-state index >= 15 is 0 Å². The summed E-state index contributed by atoms with van der Waals surface area (Å²) in [5, 5.41) is 13.5. The molecule has 0 spiro atoms. The van der Waals surface area contributed by atoms with Gasteiger partial charge in [0.1, 0.15) is 11.5 Å². The van der Waals surface area contributed by atoms with Gasteiger partial charge in [-0.25, -0.2) is 0 Å². The highest BCUT2D eigenvalue weighted by Gasteiger charge is 2.22. The number of hydrogen-bond acceptors (Lipinski definition) is 5. The van der Waals surface area contributed by atoms with Gasteiger partial charge in [0.15, 0.2) is 6.61 Å². The number of hydrogen-bond donors (Lipinski definition) is 1. The SMILES string of the molecule is O=C(COc1ccc([N+](=O)[O-])cc1)NC1CCOc2ccccc21. The van der Waals surface area contributed by atoms with Gasteiger partial charge in [-0.3, -0.25) is 14.9 Å². The lowest BCUT2D eigenvalue weighted by Gasteiger charge is -2.26. The van der Waals surface area contributed by atoms with E-state index in [4.69, 9.17) is 9.47 Å². The van der Waals surface area contributed by atoms with Crippen LogP contribution in [0, 0.1) is 10.1 Å². The lowest BCUT2D eigenvalue weighted by atomic mass is 10.0. The first-order chi connectivity index (χ1) is 11.6. The van der Waals surface area contributed by atoms with Crippen LogP contribution in [0.2, 0.25) is 0 Å². The van der Waals surface area contributed by atoms with Crippen LogP contribution < -0.4 is 14.8 Å². The molecule has 1 aliphatic rings. The maximum absolute atomic E-state index is 12.1. The molecule has 7 nitrogen and oxygen atoms in total. The van der Waals surface area contributed by atoms with Crippen molar-refractivity contribution in [3.8, 4) is 11.5 Å². The molecule has 0 radical (unpaired) electrons. The molecular formula is C17H16N2O5. The smallest absolute Gasteiger partial charge is 0.269 e. The zero-order valence-corrected chi connectivity index (χ0v) is 12.8. The molecule has 24 heavy (non-hydrogen) atoms. The van der Waals surface area contributed by atoms with Gasteiger partial charge in [-0.05, 0) is 18.2 Å². The normalized spacial score (nSPS) is 15.8. The van der Waals surface area contributed by atoms with Crippen molar-refractivity contribution < 1.29 is 19.2 Å². The number of benzene rings is 2. The number of fused-ring (bicyclic) bond motifs is 1. The highest BCUT2D eigenvalue weighted by atomic mass is 16.6. The second-order valence-corrected chi connectivity index (χ2v) is 5.33. The van der Waals surface area contributed by atoms with E-state index in [0.717, 1.165) is 11.3 Å². The lowest BCUT2D eigenvalue weighted by Crippen LogP contribution is -2.35. The zero-order valence-electron chi connectivity index (χ0n) is 12.8. The molecule has 0 saturated heterocycles. The predicted octanol–water partition coefficient (Wildman–Crippen LogP) is 2.61. The lowest BCUT2D eigenvalue weighted by molar-refractivity contribution is -0.384. The van der Waals surface area contributed by atoms with Gasteiger partial charge < -0.3 is 14.8 Å². The van der Waals surface area contributed by atoms with Gasteiger partial charge in [0.25, 0.3) is 11.6 Å². The second kappa shape index (κ2) is 6.99. The molecular weight excluding hydrogens is 312 g/mol. The van der Waals surface area contributed by atoms with Crippen molar-refractivity contribution in [3.05, 3.63) is 64.2 Å². The molecule has 3 rings (SSSR count). The van der Waals surface area contributed by atoms with Gasteiger partial charge in [0, 0.05) is 24.1 Å². The number of nitrogens with one attached hydrogen (secondary N) is 1. The highest BCUT2D eigenvalue weighted by molar-refractivity contribution is 5.78. The number of amides is 1. The fraction of sp³-hybridized carbons (Fsp3) is 0.235. The van der Waals surface area contributed by atoms with Crippen LogP contribution in [0.3, 0.4) is 0 Å². The Balaban J connectivity index is 1.56. The molecule has 1 aliphatic heterocycles. The molecule has 1 heterocycles. The van der Waals surface area contributed by atoms with Gasteiger partial charge in [0.2, 0.25) is 0 Å². The van der Waals surface area contributed by atoms with E-state index in [2.05, 4.69) is 5.32 Å². The van der Waals surface area contributed by atoms with E-state index in [1.165, 1.54) is 24.3 Å². The number of carbonyl (C=O) groups excluding carboxylic acids is 1. The van der Waals surface area contributed by atoms with E-state index in [1.54, 1.807) is 0 Å². The minimum Gasteiger partial charge on any atom is -0.493 e. The third-order valence-electron chi connectivity index (χ3n) is 3.71. The van der Waals surface area contributed by atoms with Crippen LogP contribution in [-0.2, 0) is 4.79 Å². The van der Waals surface area contributed by atoms with Gasteiger partial charge in [0.05, 0.1) is 17.6 Å². The van der Waals surface area contributed by atoms with Gasteiger partial charge in [-0.15, -0.1) is 0 Å². The standard InChI is InChI=1S/C17H16N2O5/c20-17(11-24-13-7-5-12(6-8-13)19(21)22)18-15-9-10-23-16-4-2-1-3-14(15)16/h1-8,15H,9-11H2,(H,18,20). The number of para-hydroxylation sites is 1. The van der Waals surface area contributed by atoms with Crippen LogP contribution in [0.15, 0.2) is 48.5 Å². The van der Waals surface area contributed by atoms with Crippen molar-refractivity contribution in [2.75, 3.05) is 13.2 Å². The largest absolute Gasteiger partial charge is 0.493 e. The third kappa shape index (κ3) is 3.62. The highest BCUT2D eigenvalue weighted by Crippen LogP contribution is 2.31. The molecule has 2 aromatic rings. The van der Waals surface area contributed by atoms with E-state index < -0.39 is 4.92 Å². The Morgan fingerprint density at radius 2 is 2.00 bits per heavy atom. The van der Waals surface area contributed by atoms with Gasteiger partial charge in [-0.2, -0.15) is 0 Å². The summed E-state index contributed by atoms with van der Waals surface area (Å²) in [6.07, 6.45) is 0.695. The topological polar surface area (TPSA) is 90.7 Å². The van der Waals surface area contributed by atoms with Crippen LogP contribution in [0.4, 0.5) is 5.69 Å². The number of ether oxygens (including phenoxy) is 2. The van der Waals surface area contributed by atoms with E-state index in [0.29, 0.717) is 18.8 Å². The quantitative estimate of drug-likeness (QED) is 0.673. The molecule has 0 fully saturated rings. The fourth-order valence-corrected chi connectivity index (χ4v) is 2.54. The van der Waals surface area contributed by atoms with Crippen molar-refractivity contribution in [2.45, 2.75) is 12.5 Å². The van der Waals surface area contributed by atoms with Crippen molar-refractivity contribution in [3.63, 3.8) is 0 Å². The maximum atomic E-state index is 12.1. The number of nitro benzene ring substituents is 1. The summed E-state index contributed by atoms with van der Waals surface area (Å²) in [5.41, 5.74) is 0.929. The zero-order chi connectivity index (χ0) is 16.9. The van der Waals surface area contributed by atoms with Crippen LogP contribution >= 0.6 is 0 Å². The summed E-state index contributed by atoms with van der Waals surface area (Å²) >= 11 is 0. The minimum atomic E-state index is -0.487. The van der Waals surface area contributed by atoms with Crippen LogP contribution in [0.5, 0.6) is 11.5 Å². The van der Waals surface area contributed by atoms with Crippen molar-refractivity contribution in [2.24, 2.45) is 0 Å². The first-order valence-electron chi connectivity index (χ1n) is 7.52. The summed E-state index contributed by atoms with van der Waals surface area (Å²) in [4.78, 5) is 22.2. The Bertz CT molecular complexity index is 745. The Kier molecular flexibility index (Phi) is 4.60. The average Bonchev–Trinajstić information content (AvgIpc) is 2.61. The third-order valence-corrected chi connectivity index (χ3v) is 3.71. The van der Waals surface area contributed by atoms with E-state index in [9.17, 15) is 14.9 Å². The fourth-order valence-electron chi connectivity index (χ4n) is 2.54. The molecule has 1 unspecified atom stereocenters. The molecule has 0 bridgehead atoms. The van der Waals surface area contributed by atoms with Crippen molar-refractivity contribution >= 4 is 11.6 Å². The van der Waals surface area contributed by atoms with Crippen molar-refractivity contribution in [1.82, 2.24) is 5.32 Å². The summed E-state index contributed by atoms with van der Waals surface area (Å²) in [6, 6.07) is 13.1. The molecule has 124 valence electrons. The Labute approximate surface area is 138 Å². The Hall–Kier alpha value is -3.09. The molecule has 0 saturated carbocycles. The first-order valence-corrected chi connectivity index (χ1v) is 7.52.